The van der Waals surface area contributed by atoms with Gasteiger partial charge >= 0.3 is 0 Å². The van der Waals surface area contributed by atoms with Crippen LogP contribution < -0.4 is 0 Å². The average Bonchev–Trinajstić information content (AvgIpc) is 2.81. The molecular formula is C16H23ClN2O. The van der Waals surface area contributed by atoms with E-state index < -0.39 is 0 Å². The molecule has 0 saturated heterocycles. The highest BCUT2D eigenvalue weighted by Gasteiger charge is 2.15. The van der Waals surface area contributed by atoms with Crippen LogP contribution in [0.5, 0.6) is 0 Å². The van der Waals surface area contributed by atoms with E-state index >= 15 is 0 Å². The third kappa shape index (κ3) is 3.33. The number of nitrogens with zero attached hydrogens (tertiary/aromatic N) is 2. The van der Waals surface area contributed by atoms with Gasteiger partial charge < -0.3 is 9.30 Å². The molecule has 0 saturated carbocycles. The first-order valence-corrected chi connectivity index (χ1v) is 7.78. The van der Waals surface area contributed by atoms with Gasteiger partial charge in [0.05, 0.1) is 11.0 Å². The maximum atomic E-state index is 6.13. The van der Waals surface area contributed by atoms with E-state index in [1.54, 1.807) is 0 Å². The largest absolute Gasteiger partial charge is 0.382 e. The van der Waals surface area contributed by atoms with E-state index in [1.807, 2.05) is 25.1 Å². The molecule has 1 aromatic carbocycles. The Balaban J connectivity index is 2.33. The summed E-state index contributed by atoms with van der Waals surface area (Å²) in [5.41, 5.74) is 2.16. The molecule has 0 aliphatic heterocycles. The number of ether oxygens (including phenoxy) is 1. The molecule has 4 heteroatoms. The molecule has 0 amide bonds. The molecule has 0 aliphatic carbocycles. The molecule has 1 atom stereocenters. The molecular weight excluding hydrogens is 272 g/mol. The number of rotatable bonds is 7. The minimum Gasteiger partial charge on any atom is -0.382 e. The first-order chi connectivity index (χ1) is 9.67. The summed E-state index contributed by atoms with van der Waals surface area (Å²) in [6.07, 6.45) is 2.08. The van der Waals surface area contributed by atoms with Gasteiger partial charge in [-0.25, -0.2) is 4.98 Å². The van der Waals surface area contributed by atoms with Crippen LogP contribution in [0, 0.1) is 0 Å². The summed E-state index contributed by atoms with van der Waals surface area (Å²) < 4.78 is 7.73. The fourth-order valence-electron chi connectivity index (χ4n) is 2.38. The summed E-state index contributed by atoms with van der Waals surface area (Å²) in [7, 11) is 0. The zero-order valence-corrected chi connectivity index (χ0v) is 13.3. The van der Waals surface area contributed by atoms with Gasteiger partial charge in [0.2, 0.25) is 0 Å². The van der Waals surface area contributed by atoms with Gasteiger partial charge in [0, 0.05) is 30.7 Å². The third-order valence-electron chi connectivity index (χ3n) is 3.67. The van der Waals surface area contributed by atoms with E-state index in [2.05, 4.69) is 18.4 Å². The second-order valence-electron chi connectivity index (χ2n) is 5.11. The molecule has 0 aliphatic rings. The Hall–Kier alpha value is -1.06. The van der Waals surface area contributed by atoms with E-state index in [0.717, 1.165) is 54.5 Å². The molecule has 110 valence electrons. The number of hydrogen-bond donors (Lipinski definition) is 0. The molecule has 1 unspecified atom stereocenters. The highest BCUT2D eigenvalue weighted by molar-refractivity contribution is 6.31. The van der Waals surface area contributed by atoms with Crippen LogP contribution >= 0.6 is 11.6 Å². The summed E-state index contributed by atoms with van der Waals surface area (Å²) in [6, 6.07) is 5.92. The van der Waals surface area contributed by atoms with Crippen molar-refractivity contribution in [1.29, 1.82) is 0 Å². The molecule has 20 heavy (non-hydrogen) atoms. The average molecular weight is 295 g/mol. The lowest BCUT2D eigenvalue weighted by Crippen LogP contribution is -2.09. The van der Waals surface area contributed by atoms with Crippen molar-refractivity contribution in [2.24, 2.45) is 0 Å². The maximum Gasteiger partial charge on any atom is 0.112 e. The number of aryl methyl sites for hydroxylation is 1. The zero-order valence-electron chi connectivity index (χ0n) is 12.5. The van der Waals surface area contributed by atoms with Crippen molar-refractivity contribution < 1.29 is 4.74 Å². The Morgan fingerprint density at radius 1 is 1.35 bits per heavy atom. The fraction of sp³-hybridized carbons (Fsp3) is 0.562. The van der Waals surface area contributed by atoms with Crippen LogP contribution in [0.2, 0.25) is 5.02 Å². The third-order valence-corrected chi connectivity index (χ3v) is 3.90. The monoisotopic (exact) mass is 294 g/mol. The fourth-order valence-corrected chi connectivity index (χ4v) is 2.54. The van der Waals surface area contributed by atoms with Crippen molar-refractivity contribution in [3.63, 3.8) is 0 Å². The summed E-state index contributed by atoms with van der Waals surface area (Å²) in [6.45, 7) is 8.93. The van der Waals surface area contributed by atoms with Crippen LogP contribution in [-0.2, 0) is 11.3 Å². The Morgan fingerprint density at radius 3 is 2.85 bits per heavy atom. The molecule has 0 radical (unpaired) electrons. The van der Waals surface area contributed by atoms with E-state index in [1.165, 1.54) is 0 Å². The molecule has 0 fully saturated rings. The van der Waals surface area contributed by atoms with E-state index in [9.17, 15) is 0 Å². The summed E-state index contributed by atoms with van der Waals surface area (Å²) in [4.78, 5) is 4.79. The lowest BCUT2D eigenvalue weighted by Gasteiger charge is -2.13. The number of hydrogen-bond acceptors (Lipinski definition) is 2. The molecule has 0 N–H and O–H groups in total. The first-order valence-electron chi connectivity index (χ1n) is 7.40. The van der Waals surface area contributed by atoms with Gasteiger partial charge in [0.25, 0.3) is 0 Å². The van der Waals surface area contributed by atoms with Gasteiger partial charge in [0.1, 0.15) is 5.82 Å². The lowest BCUT2D eigenvalue weighted by molar-refractivity contribution is 0.141. The number of benzene rings is 1. The van der Waals surface area contributed by atoms with E-state index in [4.69, 9.17) is 21.3 Å². The van der Waals surface area contributed by atoms with Crippen molar-refractivity contribution in [1.82, 2.24) is 9.55 Å². The highest BCUT2D eigenvalue weighted by Crippen LogP contribution is 2.26. The van der Waals surface area contributed by atoms with Gasteiger partial charge in [-0.1, -0.05) is 25.4 Å². The van der Waals surface area contributed by atoms with Crippen LogP contribution in [0.25, 0.3) is 11.0 Å². The standard InChI is InChI=1S/C16H23ClN2O/c1-4-12(3)16-18-14-8-7-13(17)11-15(14)19(16)9-6-10-20-5-2/h7-8,11-12H,4-6,9-10H2,1-3H3. The summed E-state index contributed by atoms with van der Waals surface area (Å²) >= 11 is 6.13. The smallest absolute Gasteiger partial charge is 0.112 e. The van der Waals surface area contributed by atoms with Crippen LogP contribution in [0.1, 0.15) is 45.4 Å². The molecule has 1 aromatic heterocycles. The SMILES string of the molecule is CCOCCCn1c(C(C)CC)nc2ccc(Cl)cc21. The van der Waals surface area contributed by atoms with E-state index in [-0.39, 0.29) is 0 Å². The van der Waals surface area contributed by atoms with Gasteiger partial charge in [-0.15, -0.1) is 0 Å². The Kier molecular flexibility index (Phi) is 5.44. The molecule has 0 bridgehead atoms. The van der Waals surface area contributed by atoms with E-state index in [0.29, 0.717) is 5.92 Å². The molecule has 2 aromatic rings. The van der Waals surface area contributed by atoms with Crippen molar-refractivity contribution in [3.05, 3.63) is 29.0 Å². The number of aromatic nitrogens is 2. The summed E-state index contributed by atoms with van der Waals surface area (Å²) in [5.74, 6) is 1.61. The highest BCUT2D eigenvalue weighted by atomic mass is 35.5. The van der Waals surface area contributed by atoms with Crippen molar-refractivity contribution >= 4 is 22.6 Å². The first kappa shape index (κ1) is 15.3. The van der Waals surface area contributed by atoms with Crippen molar-refractivity contribution in [2.45, 2.75) is 46.1 Å². The Bertz CT molecular complexity index is 565. The topological polar surface area (TPSA) is 27.1 Å². The van der Waals surface area contributed by atoms with Gasteiger partial charge in [-0.05, 0) is 38.0 Å². The minimum atomic E-state index is 0.452. The van der Waals surface area contributed by atoms with Crippen molar-refractivity contribution in [2.75, 3.05) is 13.2 Å². The summed E-state index contributed by atoms with van der Waals surface area (Å²) in [5, 5.41) is 0.763. The minimum absolute atomic E-state index is 0.452. The van der Waals surface area contributed by atoms with Crippen LogP contribution in [0.4, 0.5) is 0 Å². The van der Waals surface area contributed by atoms with Gasteiger partial charge in [-0.3, -0.25) is 0 Å². The predicted molar refractivity (Wildman–Crippen MR) is 84.6 cm³/mol. The van der Waals surface area contributed by atoms with Crippen LogP contribution in [0.3, 0.4) is 0 Å². The van der Waals surface area contributed by atoms with Gasteiger partial charge in [-0.2, -0.15) is 0 Å². The van der Waals surface area contributed by atoms with Crippen LogP contribution in [0.15, 0.2) is 18.2 Å². The molecule has 3 nitrogen and oxygen atoms in total. The Labute approximate surface area is 125 Å². The maximum absolute atomic E-state index is 6.13. The normalized spacial score (nSPS) is 13.0. The molecule has 1 heterocycles. The Morgan fingerprint density at radius 2 is 2.15 bits per heavy atom. The number of imidazole rings is 1. The molecule has 0 spiro atoms. The lowest BCUT2D eigenvalue weighted by atomic mass is 10.1. The second-order valence-corrected chi connectivity index (χ2v) is 5.55. The number of fused-ring (bicyclic) bond motifs is 1. The number of halogens is 1. The quantitative estimate of drug-likeness (QED) is 0.696. The van der Waals surface area contributed by atoms with Crippen LogP contribution in [-0.4, -0.2) is 22.8 Å². The zero-order chi connectivity index (χ0) is 14.5. The van der Waals surface area contributed by atoms with Gasteiger partial charge in [0.15, 0.2) is 0 Å². The second kappa shape index (κ2) is 7.09. The van der Waals surface area contributed by atoms with Crippen molar-refractivity contribution in [3.8, 4) is 0 Å². The molecule has 2 rings (SSSR count). The predicted octanol–water partition coefficient (Wildman–Crippen LogP) is 4.63.